The lowest BCUT2D eigenvalue weighted by atomic mass is 10.2. The summed E-state index contributed by atoms with van der Waals surface area (Å²) in [7, 11) is 0. The number of ketones is 1. The highest BCUT2D eigenvalue weighted by Gasteiger charge is 2.17. The number of fused-ring (bicyclic) bond motifs is 1. The van der Waals surface area contributed by atoms with E-state index in [0.717, 1.165) is 26.6 Å². The molecule has 0 aliphatic heterocycles. The standard InChI is InChI=1S/C13H8N2O3S2/c16-9(11-5-6-13(20-11)15(17)18)7-12-14-8-3-1-2-4-10(8)19-12/h1-6H,7H2. The zero-order chi connectivity index (χ0) is 14.1. The van der Waals surface area contributed by atoms with Crippen LogP contribution in [0.1, 0.15) is 14.7 Å². The van der Waals surface area contributed by atoms with Crippen LogP contribution in [-0.4, -0.2) is 15.7 Å². The van der Waals surface area contributed by atoms with Crippen LogP contribution in [-0.2, 0) is 6.42 Å². The third kappa shape index (κ3) is 2.45. The normalized spacial score (nSPS) is 10.8. The van der Waals surface area contributed by atoms with Crippen molar-refractivity contribution in [1.29, 1.82) is 0 Å². The SMILES string of the molecule is O=C(Cc1nc2ccccc2s1)c1ccc([N+](=O)[O-])s1. The molecule has 0 radical (unpaired) electrons. The van der Waals surface area contributed by atoms with E-state index in [9.17, 15) is 14.9 Å². The third-order valence-corrected chi connectivity index (χ3v) is 4.81. The minimum atomic E-state index is -0.487. The molecule has 0 spiro atoms. The molecule has 0 bridgehead atoms. The summed E-state index contributed by atoms with van der Waals surface area (Å²) in [5.74, 6) is -0.137. The number of rotatable bonds is 4. The number of nitrogens with zero attached hydrogens (tertiary/aromatic N) is 2. The summed E-state index contributed by atoms with van der Waals surface area (Å²) in [5.41, 5.74) is 0.873. The Morgan fingerprint density at radius 1 is 1.20 bits per heavy atom. The van der Waals surface area contributed by atoms with Crippen molar-refractivity contribution >= 4 is 43.7 Å². The van der Waals surface area contributed by atoms with Crippen LogP contribution in [0.4, 0.5) is 5.00 Å². The summed E-state index contributed by atoms with van der Waals surface area (Å²) >= 11 is 2.38. The number of nitro groups is 1. The van der Waals surface area contributed by atoms with Crippen molar-refractivity contribution < 1.29 is 9.72 Å². The number of carbonyl (C=O) groups is 1. The maximum atomic E-state index is 12.1. The van der Waals surface area contributed by atoms with Gasteiger partial charge in [0.1, 0.15) is 5.01 Å². The summed E-state index contributed by atoms with van der Waals surface area (Å²) < 4.78 is 1.03. The Kier molecular flexibility index (Phi) is 3.29. The predicted molar refractivity (Wildman–Crippen MR) is 78.6 cm³/mol. The van der Waals surface area contributed by atoms with Gasteiger partial charge in [-0.05, 0) is 18.2 Å². The van der Waals surface area contributed by atoms with Crippen molar-refractivity contribution in [3.8, 4) is 0 Å². The van der Waals surface area contributed by atoms with Gasteiger partial charge in [-0.3, -0.25) is 14.9 Å². The van der Waals surface area contributed by atoms with Crippen LogP contribution in [0.5, 0.6) is 0 Å². The average molecular weight is 304 g/mol. The first-order valence-electron chi connectivity index (χ1n) is 5.75. The van der Waals surface area contributed by atoms with Crippen molar-refractivity contribution in [2.24, 2.45) is 0 Å². The fourth-order valence-corrected chi connectivity index (χ4v) is 3.52. The molecule has 0 fully saturated rings. The third-order valence-electron chi connectivity index (χ3n) is 2.70. The number of thiazole rings is 1. The van der Waals surface area contributed by atoms with Crippen LogP contribution in [0, 0.1) is 10.1 Å². The van der Waals surface area contributed by atoms with Gasteiger partial charge >= 0.3 is 5.00 Å². The van der Waals surface area contributed by atoms with Crippen LogP contribution in [0.25, 0.3) is 10.2 Å². The molecule has 0 atom stereocenters. The number of carbonyl (C=O) groups excluding carboxylic acids is 1. The van der Waals surface area contributed by atoms with E-state index < -0.39 is 4.92 Å². The highest BCUT2D eigenvalue weighted by atomic mass is 32.1. The number of aromatic nitrogens is 1. The fourth-order valence-electron chi connectivity index (χ4n) is 1.80. The van der Waals surface area contributed by atoms with Crippen LogP contribution in [0.2, 0.25) is 0 Å². The molecule has 0 saturated carbocycles. The minimum Gasteiger partial charge on any atom is -0.293 e. The minimum absolute atomic E-state index is 0.0161. The van der Waals surface area contributed by atoms with Crippen LogP contribution >= 0.6 is 22.7 Å². The Morgan fingerprint density at radius 3 is 2.70 bits per heavy atom. The number of para-hydroxylation sites is 1. The van der Waals surface area contributed by atoms with Gasteiger partial charge in [0.05, 0.1) is 26.4 Å². The van der Waals surface area contributed by atoms with Gasteiger partial charge < -0.3 is 0 Å². The molecular formula is C13H8N2O3S2. The van der Waals surface area contributed by atoms with E-state index in [4.69, 9.17) is 0 Å². The molecule has 20 heavy (non-hydrogen) atoms. The Hall–Kier alpha value is -2.12. The molecule has 0 saturated heterocycles. The monoisotopic (exact) mass is 304 g/mol. The van der Waals surface area contributed by atoms with Gasteiger partial charge in [-0.1, -0.05) is 23.5 Å². The van der Waals surface area contributed by atoms with E-state index in [1.165, 1.54) is 23.5 Å². The van der Waals surface area contributed by atoms with Crippen molar-refractivity contribution in [3.05, 3.63) is 56.4 Å². The smallest absolute Gasteiger partial charge is 0.293 e. The zero-order valence-corrected chi connectivity index (χ0v) is 11.7. The summed E-state index contributed by atoms with van der Waals surface area (Å²) in [5, 5.41) is 11.3. The van der Waals surface area contributed by atoms with E-state index in [2.05, 4.69) is 4.98 Å². The second-order valence-electron chi connectivity index (χ2n) is 4.07. The lowest BCUT2D eigenvalue weighted by molar-refractivity contribution is -0.380. The molecule has 5 nitrogen and oxygen atoms in total. The summed E-state index contributed by atoms with van der Waals surface area (Å²) in [4.78, 5) is 27.0. The van der Waals surface area contributed by atoms with Crippen LogP contribution in [0.3, 0.4) is 0 Å². The zero-order valence-electron chi connectivity index (χ0n) is 10.1. The lowest BCUT2D eigenvalue weighted by Gasteiger charge is -1.92. The van der Waals surface area contributed by atoms with Gasteiger partial charge in [0, 0.05) is 6.07 Å². The molecule has 0 amide bonds. The van der Waals surface area contributed by atoms with Gasteiger partial charge in [0.2, 0.25) is 0 Å². The highest BCUT2D eigenvalue weighted by molar-refractivity contribution is 7.19. The van der Waals surface area contributed by atoms with Crippen LogP contribution in [0.15, 0.2) is 36.4 Å². The van der Waals surface area contributed by atoms with E-state index in [-0.39, 0.29) is 17.2 Å². The number of Topliss-reactive ketones (excluding diaryl/α,β-unsaturated/α-hetero) is 1. The Labute approximate surface area is 121 Å². The van der Waals surface area contributed by atoms with Crippen LogP contribution < -0.4 is 0 Å². The second-order valence-corrected chi connectivity index (χ2v) is 6.25. The number of hydrogen-bond donors (Lipinski definition) is 0. The maximum Gasteiger partial charge on any atom is 0.324 e. The molecule has 7 heteroatoms. The van der Waals surface area contributed by atoms with Crippen molar-refractivity contribution in [2.45, 2.75) is 6.42 Å². The van der Waals surface area contributed by atoms with E-state index >= 15 is 0 Å². The molecule has 0 N–H and O–H groups in total. The number of thiophene rings is 1. The summed E-state index contributed by atoms with van der Waals surface area (Å²) in [6.45, 7) is 0. The van der Waals surface area contributed by atoms with Gasteiger partial charge in [0.15, 0.2) is 5.78 Å². The predicted octanol–water partition coefficient (Wildman–Crippen LogP) is 3.69. The number of hydrogen-bond acceptors (Lipinski definition) is 6. The van der Waals surface area contributed by atoms with Gasteiger partial charge in [-0.25, -0.2) is 4.98 Å². The molecule has 100 valence electrons. The quantitative estimate of drug-likeness (QED) is 0.418. The van der Waals surface area contributed by atoms with Gasteiger partial charge in [0.25, 0.3) is 0 Å². The molecule has 0 aliphatic rings. The van der Waals surface area contributed by atoms with E-state index in [0.29, 0.717) is 4.88 Å². The molecule has 3 rings (SSSR count). The summed E-state index contributed by atoms with van der Waals surface area (Å²) in [6, 6.07) is 10.5. The van der Waals surface area contributed by atoms with Crippen molar-refractivity contribution in [1.82, 2.24) is 4.98 Å². The van der Waals surface area contributed by atoms with Crippen molar-refractivity contribution in [3.63, 3.8) is 0 Å². The fraction of sp³-hybridized carbons (Fsp3) is 0.0769. The molecule has 1 aromatic carbocycles. The molecule has 2 heterocycles. The van der Waals surface area contributed by atoms with E-state index in [1.54, 1.807) is 0 Å². The highest BCUT2D eigenvalue weighted by Crippen LogP contribution is 2.27. The molecule has 0 unspecified atom stereocenters. The largest absolute Gasteiger partial charge is 0.324 e. The first-order valence-corrected chi connectivity index (χ1v) is 7.38. The first-order chi connectivity index (χ1) is 9.63. The molecule has 0 aliphatic carbocycles. The Balaban J connectivity index is 1.82. The van der Waals surface area contributed by atoms with Gasteiger partial charge in [-0.15, -0.1) is 11.3 Å². The Morgan fingerprint density at radius 2 is 2.00 bits per heavy atom. The maximum absolute atomic E-state index is 12.1. The average Bonchev–Trinajstić information content (AvgIpc) is 3.04. The molecule has 2 aromatic heterocycles. The molecular weight excluding hydrogens is 296 g/mol. The topological polar surface area (TPSA) is 73.1 Å². The Bertz CT molecular complexity index is 774. The van der Waals surface area contributed by atoms with Crippen molar-refractivity contribution in [2.75, 3.05) is 0 Å². The summed E-state index contributed by atoms with van der Waals surface area (Å²) in [6.07, 6.45) is 0.178. The molecule has 3 aromatic rings. The first kappa shape index (κ1) is 12.9. The van der Waals surface area contributed by atoms with E-state index in [1.807, 2.05) is 24.3 Å². The lowest BCUT2D eigenvalue weighted by Crippen LogP contribution is -2.00. The second kappa shape index (κ2) is 5.10. The number of benzene rings is 1. The van der Waals surface area contributed by atoms with Gasteiger partial charge in [-0.2, -0.15) is 0 Å².